The number of rotatable bonds is 6. The number of hydrogen-bond acceptors (Lipinski definition) is 4. The molecule has 1 aliphatic heterocycles. The van der Waals surface area contributed by atoms with Crippen LogP contribution in [-0.4, -0.2) is 53.4 Å². The van der Waals surface area contributed by atoms with E-state index in [9.17, 15) is 23.2 Å². The number of nitrogens with zero attached hydrogens (tertiary/aromatic N) is 2. The molecule has 7 nitrogen and oxygen atoms in total. The van der Waals surface area contributed by atoms with E-state index < -0.39 is 18.2 Å². The number of alkyl halides is 2. The molecule has 1 saturated carbocycles. The molecule has 1 spiro atoms. The van der Waals surface area contributed by atoms with Gasteiger partial charge in [-0.15, -0.1) is 0 Å². The van der Waals surface area contributed by atoms with Crippen LogP contribution >= 0.6 is 0 Å². The van der Waals surface area contributed by atoms with Crippen molar-refractivity contribution in [1.29, 1.82) is 0 Å². The lowest BCUT2D eigenvalue weighted by atomic mass is 9.98. The Morgan fingerprint density at radius 3 is 2.48 bits per heavy atom. The molecule has 2 fully saturated rings. The molecule has 0 radical (unpaired) electrons. The SMILES string of the molecule is CN(Cc1ccc(OC(F)F)cc1)C(=O)CN1C(=O)NC2(CCCC2)C1=O. The molecule has 9 heteroatoms. The average molecular weight is 381 g/mol. The zero-order valence-electron chi connectivity index (χ0n) is 14.9. The van der Waals surface area contributed by atoms with Crippen LogP contribution in [0.4, 0.5) is 13.6 Å². The standard InChI is InChI=1S/C18H21F2N3O4/c1-22(10-12-4-6-13(7-5-12)27-16(19)20)14(24)11-23-15(25)18(21-17(23)26)8-2-3-9-18/h4-7,16H,2-3,8-11H2,1H3,(H,21,26). The average Bonchev–Trinajstić information content (AvgIpc) is 3.17. The summed E-state index contributed by atoms with van der Waals surface area (Å²) in [5.74, 6) is -0.689. The highest BCUT2D eigenvalue weighted by atomic mass is 19.3. The van der Waals surface area contributed by atoms with E-state index in [0.717, 1.165) is 17.7 Å². The molecular weight excluding hydrogens is 360 g/mol. The maximum atomic E-state index is 12.6. The summed E-state index contributed by atoms with van der Waals surface area (Å²) in [6.45, 7) is -3.01. The van der Waals surface area contributed by atoms with Gasteiger partial charge in [0.25, 0.3) is 5.91 Å². The van der Waals surface area contributed by atoms with Crippen molar-refractivity contribution in [2.24, 2.45) is 0 Å². The second-order valence-corrected chi connectivity index (χ2v) is 6.88. The summed E-state index contributed by atoms with van der Waals surface area (Å²) >= 11 is 0. The van der Waals surface area contributed by atoms with Crippen molar-refractivity contribution < 1.29 is 27.9 Å². The van der Waals surface area contributed by atoms with Crippen LogP contribution in [-0.2, 0) is 16.1 Å². The predicted octanol–water partition coefficient (Wildman–Crippen LogP) is 2.11. The number of carbonyl (C=O) groups is 3. The summed E-state index contributed by atoms with van der Waals surface area (Å²) in [6, 6.07) is 5.39. The van der Waals surface area contributed by atoms with Gasteiger partial charge < -0.3 is 15.0 Å². The highest BCUT2D eigenvalue weighted by Gasteiger charge is 2.52. The molecule has 1 aromatic carbocycles. The molecule has 1 N–H and O–H groups in total. The summed E-state index contributed by atoms with van der Waals surface area (Å²) in [5.41, 5.74) is -0.131. The molecule has 0 aromatic heterocycles. The van der Waals surface area contributed by atoms with E-state index in [4.69, 9.17) is 0 Å². The van der Waals surface area contributed by atoms with Gasteiger partial charge in [-0.05, 0) is 30.5 Å². The minimum absolute atomic E-state index is 0.0314. The molecule has 27 heavy (non-hydrogen) atoms. The van der Waals surface area contributed by atoms with Crippen LogP contribution in [0.2, 0.25) is 0 Å². The smallest absolute Gasteiger partial charge is 0.387 e. The molecule has 4 amide bonds. The van der Waals surface area contributed by atoms with Crippen molar-refractivity contribution in [3.8, 4) is 5.75 Å². The third-order valence-electron chi connectivity index (χ3n) is 4.99. The van der Waals surface area contributed by atoms with Crippen LogP contribution in [0, 0.1) is 0 Å². The Bertz CT molecular complexity index is 733. The highest BCUT2D eigenvalue weighted by Crippen LogP contribution is 2.34. The Kier molecular flexibility index (Phi) is 5.29. The van der Waals surface area contributed by atoms with Crippen molar-refractivity contribution in [2.45, 2.75) is 44.4 Å². The first-order chi connectivity index (χ1) is 12.8. The number of urea groups is 1. The lowest BCUT2D eigenvalue weighted by Crippen LogP contribution is -2.45. The predicted molar refractivity (Wildman–Crippen MR) is 91.0 cm³/mol. The van der Waals surface area contributed by atoms with E-state index in [-0.39, 0.29) is 30.7 Å². The van der Waals surface area contributed by atoms with E-state index in [1.54, 1.807) is 19.2 Å². The maximum Gasteiger partial charge on any atom is 0.387 e. The number of benzene rings is 1. The molecule has 0 atom stereocenters. The lowest BCUT2D eigenvalue weighted by molar-refractivity contribution is -0.138. The number of carbonyl (C=O) groups excluding carboxylic acids is 3. The first-order valence-electron chi connectivity index (χ1n) is 8.72. The number of likely N-dealkylation sites (N-methyl/N-ethyl adjacent to an activating group) is 1. The van der Waals surface area contributed by atoms with Crippen LogP contribution in [0.15, 0.2) is 24.3 Å². The van der Waals surface area contributed by atoms with Crippen LogP contribution in [0.25, 0.3) is 0 Å². The second kappa shape index (κ2) is 7.50. The molecule has 1 heterocycles. The zero-order valence-corrected chi connectivity index (χ0v) is 14.9. The number of hydrogen-bond donors (Lipinski definition) is 1. The van der Waals surface area contributed by atoms with Gasteiger partial charge >= 0.3 is 12.6 Å². The Balaban J connectivity index is 1.57. The van der Waals surface area contributed by atoms with Crippen molar-refractivity contribution in [3.63, 3.8) is 0 Å². The minimum Gasteiger partial charge on any atom is -0.435 e. The van der Waals surface area contributed by atoms with E-state index in [2.05, 4.69) is 10.1 Å². The molecule has 1 aliphatic carbocycles. The van der Waals surface area contributed by atoms with Gasteiger partial charge in [-0.2, -0.15) is 8.78 Å². The second-order valence-electron chi connectivity index (χ2n) is 6.88. The summed E-state index contributed by atoms with van der Waals surface area (Å²) in [7, 11) is 1.55. The number of nitrogens with one attached hydrogen (secondary N) is 1. The van der Waals surface area contributed by atoms with E-state index in [1.165, 1.54) is 17.0 Å². The molecular formula is C18H21F2N3O4. The minimum atomic E-state index is -2.90. The monoisotopic (exact) mass is 381 g/mol. The van der Waals surface area contributed by atoms with Gasteiger partial charge in [0.15, 0.2) is 0 Å². The van der Waals surface area contributed by atoms with Gasteiger partial charge in [-0.1, -0.05) is 25.0 Å². The number of imide groups is 1. The Labute approximate surface area is 155 Å². The third-order valence-corrected chi connectivity index (χ3v) is 4.99. The van der Waals surface area contributed by atoms with Crippen molar-refractivity contribution in [2.75, 3.05) is 13.6 Å². The number of ether oxygens (including phenoxy) is 1. The molecule has 2 aliphatic rings. The first kappa shape index (κ1) is 19.1. The lowest BCUT2D eigenvalue weighted by Gasteiger charge is -2.22. The maximum absolute atomic E-state index is 12.6. The Morgan fingerprint density at radius 1 is 1.26 bits per heavy atom. The summed E-state index contributed by atoms with van der Waals surface area (Å²) < 4.78 is 28.6. The third kappa shape index (κ3) is 4.01. The van der Waals surface area contributed by atoms with Crippen LogP contribution in [0.3, 0.4) is 0 Å². The molecule has 1 saturated heterocycles. The van der Waals surface area contributed by atoms with Crippen LogP contribution in [0.1, 0.15) is 31.2 Å². The molecule has 1 aromatic rings. The van der Waals surface area contributed by atoms with Gasteiger partial charge in [0, 0.05) is 13.6 Å². The first-order valence-corrected chi connectivity index (χ1v) is 8.72. The normalized spacial score (nSPS) is 18.3. The molecule has 0 bridgehead atoms. The van der Waals surface area contributed by atoms with E-state index in [1.807, 2.05) is 0 Å². The van der Waals surface area contributed by atoms with E-state index >= 15 is 0 Å². The summed E-state index contributed by atoms with van der Waals surface area (Å²) in [6.07, 6.45) is 2.95. The fourth-order valence-corrected chi connectivity index (χ4v) is 3.53. The fraction of sp³-hybridized carbons (Fsp3) is 0.500. The summed E-state index contributed by atoms with van der Waals surface area (Å²) in [4.78, 5) is 39.5. The van der Waals surface area contributed by atoms with Crippen LogP contribution in [0.5, 0.6) is 5.75 Å². The molecule has 3 rings (SSSR count). The highest BCUT2D eigenvalue weighted by molar-refractivity contribution is 6.09. The van der Waals surface area contributed by atoms with Crippen molar-refractivity contribution in [3.05, 3.63) is 29.8 Å². The van der Waals surface area contributed by atoms with E-state index in [0.29, 0.717) is 18.4 Å². The van der Waals surface area contributed by atoms with Gasteiger partial charge in [0.1, 0.15) is 17.8 Å². The van der Waals surface area contributed by atoms with Crippen molar-refractivity contribution in [1.82, 2.24) is 15.1 Å². The Morgan fingerprint density at radius 2 is 1.89 bits per heavy atom. The Hall–Kier alpha value is -2.71. The molecule has 146 valence electrons. The van der Waals surface area contributed by atoms with Gasteiger partial charge in [-0.3, -0.25) is 14.5 Å². The number of amides is 4. The zero-order chi connectivity index (χ0) is 19.6. The number of halogens is 2. The van der Waals surface area contributed by atoms with Gasteiger partial charge in [-0.25, -0.2) is 4.79 Å². The van der Waals surface area contributed by atoms with Gasteiger partial charge in [0.05, 0.1) is 0 Å². The summed E-state index contributed by atoms with van der Waals surface area (Å²) in [5, 5.41) is 2.74. The topological polar surface area (TPSA) is 79.0 Å². The van der Waals surface area contributed by atoms with Gasteiger partial charge in [0.2, 0.25) is 5.91 Å². The van der Waals surface area contributed by atoms with Crippen molar-refractivity contribution >= 4 is 17.8 Å². The molecule has 0 unspecified atom stereocenters. The van der Waals surface area contributed by atoms with Crippen LogP contribution < -0.4 is 10.1 Å². The quantitative estimate of drug-likeness (QED) is 0.766. The largest absolute Gasteiger partial charge is 0.435 e. The fourth-order valence-electron chi connectivity index (χ4n) is 3.53.